The van der Waals surface area contributed by atoms with Gasteiger partial charge in [0.2, 0.25) is 0 Å². The van der Waals surface area contributed by atoms with Crippen LogP contribution in [0.5, 0.6) is 0 Å². The van der Waals surface area contributed by atoms with E-state index in [1.54, 1.807) is 12.1 Å². The monoisotopic (exact) mass is 423 g/mol. The third-order valence-electron chi connectivity index (χ3n) is 3.79. The number of hydrogen-bond acceptors (Lipinski definition) is 4. The molecule has 0 aromatic heterocycles. The Hall–Kier alpha value is -1.84. The van der Waals surface area contributed by atoms with E-state index in [2.05, 4.69) is 5.32 Å². The fourth-order valence-electron chi connectivity index (χ4n) is 2.43. The van der Waals surface area contributed by atoms with Crippen molar-refractivity contribution in [3.8, 4) is 0 Å². The van der Waals surface area contributed by atoms with Gasteiger partial charge in [-0.3, -0.25) is 4.79 Å². The second-order valence-corrected chi connectivity index (χ2v) is 7.03. The molecule has 148 valence electrons. The molecule has 0 aliphatic heterocycles. The topological polar surface area (TPSA) is 75.6 Å². The van der Waals surface area contributed by atoms with Gasteiger partial charge in [-0.15, -0.1) is 0 Å². The highest BCUT2D eigenvalue weighted by Crippen LogP contribution is 2.39. The molecule has 0 heterocycles. The zero-order valence-electron chi connectivity index (χ0n) is 14.0. The van der Waals surface area contributed by atoms with Crippen molar-refractivity contribution in [2.24, 2.45) is 0 Å². The van der Waals surface area contributed by atoms with Crippen molar-refractivity contribution in [3.05, 3.63) is 46.7 Å². The number of aldehydes is 1. The lowest BCUT2D eigenvalue weighted by atomic mass is 10.0. The number of benzene rings is 1. The summed E-state index contributed by atoms with van der Waals surface area (Å²) >= 11 is 3.73. The summed E-state index contributed by atoms with van der Waals surface area (Å²) < 4.78 is 63.9. The van der Waals surface area contributed by atoms with Gasteiger partial charge >= 0.3 is 6.18 Å². The van der Waals surface area contributed by atoms with Gasteiger partial charge in [0.1, 0.15) is 5.76 Å². The Morgan fingerprint density at radius 3 is 2.56 bits per heavy atom. The van der Waals surface area contributed by atoms with Crippen molar-refractivity contribution >= 4 is 34.7 Å². The molecule has 0 saturated heterocycles. The molecule has 2 unspecified atom stereocenters. The molecule has 1 aromatic rings. The lowest BCUT2D eigenvalue weighted by molar-refractivity contribution is -0.115. The zero-order chi connectivity index (χ0) is 20.0. The zero-order valence-corrected chi connectivity index (χ0v) is 15.5. The molecule has 0 radical (unpaired) electrons. The average molecular weight is 424 g/mol. The van der Waals surface area contributed by atoms with E-state index in [0.717, 1.165) is 0 Å². The van der Waals surface area contributed by atoms with Crippen LogP contribution in [0.1, 0.15) is 19.3 Å². The first kappa shape index (κ1) is 21.5. The third-order valence-corrected chi connectivity index (χ3v) is 4.88. The molecule has 0 bridgehead atoms. The van der Waals surface area contributed by atoms with Gasteiger partial charge < -0.3 is 14.6 Å². The Labute approximate surface area is 161 Å². The van der Waals surface area contributed by atoms with Crippen molar-refractivity contribution in [1.82, 2.24) is 0 Å². The van der Waals surface area contributed by atoms with Gasteiger partial charge in [0.05, 0.1) is 15.5 Å². The maximum atomic E-state index is 12.9. The molecule has 0 saturated carbocycles. The van der Waals surface area contributed by atoms with Crippen LogP contribution in [0.15, 0.2) is 51.6 Å². The molecule has 5 nitrogen and oxygen atoms in total. The number of allylic oxidation sites excluding steroid dienone is 3. The summed E-state index contributed by atoms with van der Waals surface area (Å²) in [6.07, 6.45) is -3.46. The van der Waals surface area contributed by atoms with E-state index in [9.17, 15) is 22.2 Å². The number of nitrogens with one attached hydrogen (secondary N) is 1. The molecule has 0 fully saturated rings. The van der Waals surface area contributed by atoms with E-state index in [4.69, 9.17) is 20.9 Å². The van der Waals surface area contributed by atoms with Crippen LogP contribution in [0.4, 0.5) is 18.9 Å². The van der Waals surface area contributed by atoms with E-state index in [1.807, 2.05) is 0 Å². The second kappa shape index (κ2) is 9.38. The van der Waals surface area contributed by atoms with E-state index in [0.29, 0.717) is 18.5 Å². The van der Waals surface area contributed by atoms with Crippen molar-refractivity contribution < 1.29 is 31.5 Å². The van der Waals surface area contributed by atoms with Crippen LogP contribution in [0, 0.1) is 0 Å². The van der Waals surface area contributed by atoms with Gasteiger partial charge in [0.25, 0.3) is 0 Å². The Morgan fingerprint density at radius 2 is 2.00 bits per heavy atom. The minimum Gasteiger partial charge on any atom is -0.482 e. The summed E-state index contributed by atoms with van der Waals surface area (Å²) in [6, 6.07) is 6.14. The summed E-state index contributed by atoms with van der Waals surface area (Å²) in [7, 11) is 0. The summed E-state index contributed by atoms with van der Waals surface area (Å²) in [5.41, 5.74) is -0.200. The van der Waals surface area contributed by atoms with Gasteiger partial charge in [-0.25, -0.2) is 4.21 Å². The molecule has 2 N–H and O–H groups in total. The van der Waals surface area contributed by atoms with Gasteiger partial charge in [0.15, 0.2) is 23.5 Å². The Bertz CT molecular complexity index is 762. The number of ether oxygens (including phenoxy) is 1. The molecule has 1 aliphatic carbocycles. The molecule has 2 atom stereocenters. The van der Waals surface area contributed by atoms with Gasteiger partial charge in [0, 0.05) is 18.7 Å². The Balaban J connectivity index is 1.92. The first-order chi connectivity index (χ1) is 12.7. The van der Waals surface area contributed by atoms with Crippen molar-refractivity contribution in [1.29, 1.82) is 0 Å². The Kier molecular flexibility index (Phi) is 7.46. The molecule has 10 heteroatoms. The molecule has 2 rings (SSSR count). The number of alkyl halides is 3. The lowest BCUT2D eigenvalue weighted by Gasteiger charge is -2.22. The number of halogens is 4. The van der Waals surface area contributed by atoms with E-state index >= 15 is 0 Å². The molecule has 0 spiro atoms. The fraction of sp³-hybridized carbons (Fsp3) is 0.353. The maximum absolute atomic E-state index is 12.9. The second-order valence-electron chi connectivity index (χ2n) is 5.68. The van der Waals surface area contributed by atoms with Crippen LogP contribution in [0.3, 0.4) is 0 Å². The highest BCUT2D eigenvalue weighted by atomic mass is 35.5. The van der Waals surface area contributed by atoms with Crippen molar-refractivity contribution in [3.63, 3.8) is 0 Å². The Morgan fingerprint density at radius 1 is 1.33 bits per heavy atom. The van der Waals surface area contributed by atoms with Crippen LogP contribution < -0.4 is 5.32 Å². The van der Waals surface area contributed by atoms with Crippen LogP contribution in [-0.4, -0.2) is 33.9 Å². The van der Waals surface area contributed by atoms with Crippen LogP contribution >= 0.6 is 11.6 Å². The third kappa shape index (κ3) is 6.08. The maximum Gasteiger partial charge on any atom is 0.414 e. The standard InChI is InChI=1S/C17H17ClF3NO4S/c18-16-14(17(19,20)21)2-1-3-15(16)26-12(10-23)8-9-22-11-4-6-13(7-5-11)27(24)25/h3-7,10,12,22H,1-2,8-9H2,(H,24,25). The van der Waals surface area contributed by atoms with E-state index in [1.165, 1.54) is 18.2 Å². The van der Waals surface area contributed by atoms with Crippen LogP contribution in [0.25, 0.3) is 0 Å². The van der Waals surface area contributed by atoms with Gasteiger partial charge in [-0.05, 0) is 43.2 Å². The smallest absolute Gasteiger partial charge is 0.414 e. The number of hydrogen-bond donors (Lipinski definition) is 2. The lowest BCUT2D eigenvalue weighted by Crippen LogP contribution is -2.22. The average Bonchev–Trinajstić information content (AvgIpc) is 2.61. The predicted molar refractivity (Wildman–Crippen MR) is 95.8 cm³/mol. The first-order valence-electron chi connectivity index (χ1n) is 7.95. The first-order valence-corrected chi connectivity index (χ1v) is 9.44. The minimum absolute atomic E-state index is 0.128. The molecule has 0 amide bonds. The van der Waals surface area contributed by atoms with Crippen molar-refractivity contribution in [2.45, 2.75) is 36.4 Å². The fourth-order valence-corrected chi connectivity index (χ4v) is 3.12. The normalized spacial score (nSPS) is 17.1. The highest BCUT2D eigenvalue weighted by molar-refractivity contribution is 7.79. The molecular formula is C17H17ClF3NO4S. The summed E-state index contributed by atoms with van der Waals surface area (Å²) in [6.45, 7) is 0.297. The predicted octanol–water partition coefficient (Wildman–Crippen LogP) is 4.39. The largest absolute Gasteiger partial charge is 0.482 e. The summed E-state index contributed by atoms with van der Waals surface area (Å²) in [5.74, 6) is -0.137. The minimum atomic E-state index is -4.54. The van der Waals surface area contributed by atoms with Gasteiger partial charge in [-0.1, -0.05) is 11.6 Å². The number of carbonyl (C=O) groups is 1. The van der Waals surface area contributed by atoms with E-state index in [-0.39, 0.29) is 29.9 Å². The van der Waals surface area contributed by atoms with Crippen LogP contribution in [-0.2, 0) is 20.6 Å². The molecular weight excluding hydrogens is 407 g/mol. The molecule has 1 aromatic carbocycles. The van der Waals surface area contributed by atoms with Crippen LogP contribution in [0.2, 0.25) is 0 Å². The molecule has 1 aliphatic rings. The molecule has 27 heavy (non-hydrogen) atoms. The van der Waals surface area contributed by atoms with E-state index < -0.39 is 34.0 Å². The summed E-state index contributed by atoms with van der Waals surface area (Å²) in [4.78, 5) is 11.5. The number of anilines is 1. The highest BCUT2D eigenvalue weighted by Gasteiger charge is 2.38. The SMILES string of the molecule is O=CC(CCNc1ccc(S(=O)O)cc1)OC1=CCCC(C(F)(F)F)=C1Cl. The number of rotatable bonds is 8. The quantitative estimate of drug-likeness (QED) is 0.479. The number of carbonyl (C=O) groups excluding carboxylic acids is 1. The summed E-state index contributed by atoms with van der Waals surface area (Å²) in [5, 5.41) is 2.48. The van der Waals surface area contributed by atoms with Gasteiger partial charge in [-0.2, -0.15) is 13.2 Å². The van der Waals surface area contributed by atoms with Crippen molar-refractivity contribution in [2.75, 3.05) is 11.9 Å².